The number of hydrogen-bond acceptors (Lipinski definition) is 5. The summed E-state index contributed by atoms with van der Waals surface area (Å²) in [7, 11) is -1.89. The first kappa shape index (κ1) is 17.2. The highest BCUT2D eigenvalue weighted by molar-refractivity contribution is 7.93. The van der Waals surface area contributed by atoms with Crippen molar-refractivity contribution in [2.24, 2.45) is 0 Å². The molecule has 1 fully saturated rings. The van der Waals surface area contributed by atoms with E-state index in [9.17, 15) is 13.2 Å². The summed E-state index contributed by atoms with van der Waals surface area (Å²) in [5.41, 5.74) is 2.60. The van der Waals surface area contributed by atoms with Gasteiger partial charge in [0.05, 0.1) is 17.1 Å². The van der Waals surface area contributed by atoms with Crippen LogP contribution in [0.15, 0.2) is 30.6 Å². The van der Waals surface area contributed by atoms with Crippen molar-refractivity contribution in [2.75, 3.05) is 28.6 Å². The van der Waals surface area contributed by atoms with Crippen molar-refractivity contribution in [1.82, 2.24) is 9.97 Å². The molecule has 1 aliphatic rings. The molecular weight excluding hydrogens is 344 g/mol. The quantitative estimate of drug-likeness (QED) is 0.897. The minimum absolute atomic E-state index is 0.138. The molecule has 0 spiro atoms. The lowest BCUT2D eigenvalue weighted by Crippen LogP contribution is -2.26. The standard InChI is InChI=1S/C16H18N4O4S/c1-11-14(20-6-3-7-25(20,23)24)8-13(10-18-11)12-4-5-17-15(9-12)19(2)16(21)22/h4-5,8-10H,3,6-7H2,1-2H3,(H,21,22). The zero-order chi connectivity index (χ0) is 18.2. The van der Waals surface area contributed by atoms with Gasteiger partial charge in [-0.2, -0.15) is 0 Å². The molecule has 0 unspecified atom stereocenters. The molecule has 0 radical (unpaired) electrons. The Balaban J connectivity index is 2.04. The number of aromatic nitrogens is 2. The summed E-state index contributed by atoms with van der Waals surface area (Å²) in [6.07, 6.45) is 2.63. The number of hydrogen-bond donors (Lipinski definition) is 1. The second-order valence-electron chi connectivity index (χ2n) is 5.81. The highest BCUT2D eigenvalue weighted by atomic mass is 32.2. The Hall–Kier alpha value is -2.68. The van der Waals surface area contributed by atoms with E-state index in [-0.39, 0.29) is 11.6 Å². The summed E-state index contributed by atoms with van der Waals surface area (Å²) in [4.78, 5) is 20.5. The smallest absolute Gasteiger partial charge is 0.412 e. The minimum Gasteiger partial charge on any atom is -0.465 e. The number of rotatable bonds is 3. The predicted molar refractivity (Wildman–Crippen MR) is 94.4 cm³/mol. The summed E-state index contributed by atoms with van der Waals surface area (Å²) in [6.45, 7) is 2.21. The number of pyridine rings is 2. The summed E-state index contributed by atoms with van der Waals surface area (Å²) < 4.78 is 25.8. The molecule has 1 amide bonds. The Kier molecular flexibility index (Phi) is 4.34. The number of sulfonamides is 1. The summed E-state index contributed by atoms with van der Waals surface area (Å²) >= 11 is 0. The van der Waals surface area contributed by atoms with Crippen LogP contribution in [0.25, 0.3) is 11.1 Å². The fourth-order valence-electron chi connectivity index (χ4n) is 2.72. The molecule has 0 saturated carbocycles. The van der Waals surface area contributed by atoms with Gasteiger partial charge in [-0.15, -0.1) is 0 Å². The van der Waals surface area contributed by atoms with Gasteiger partial charge in [-0.1, -0.05) is 0 Å². The third kappa shape index (κ3) is 3.27. The van der Waals surface area contributed by atoms with Crippen LogP contribution in [0.5, 0.6) is 0 Å². The van der Waals surface area contributed by atoms with Crippen LogP contribution < -0.4 is 9.21 Å². The molecule has 2 aromatic rings. The van der Waals surface area contributed by atoms with E-state index in [0.29, 0.717) is 35.5 Å². The lowest BCUT2D eigenvalue weighted by atomic mass is 10.1. The molecule has 9 heteroatoms. The molecule has 8 nitrogen and oxygen atoms in total. The van der Waals surface area contributed by atoms with Crippen LogP contribution in [0, 0.1) is 6.92 Å². The van der Waals surface area contributed by atoms with E-state index in [1.807, 2.05) is 0 Å². The maximum Gasteiger partial charge on any atom is 0.412 e. The summed E-state index contributed by atoms with van der Waals surface area (Å²) in [6, 6.07) is 5.13. The molecule has 0 aromatic carbocycles. The summed E-state index contributed by atoms with van der Waals surface area (Å²) in [5, 5.41) is 9.08. The van der Waals surface area contributed by atoms with Crippen LogP contribution in [-0.2, 0) is 10.0 Å². The average molecular weight is 362 g/mol. The molecule has 0 bridgehead atoms. The Morgan fingerprint density at radius 1 is 1.28 bits per heavy atom. The Morgan fingerprint density at radius 2 is 2.04 bits per heavy atom. The average Bonchev–Trinajstić information content (AvgIpc) is 2.93. The van der Waals surface area contributed by atoms with Crippen LogP contribution in [-0.4, -0.2) is 48.9 Å². The lowest BCUT2D eigenvalue weighted by Gasteiger charge is -2.20. The molecule has 3 rings (SSSR count). The molecule has 1 saturated heterocycles. The maximum absolute atomic E-state index is 12.2. The van der Waals surface area contributed by atoms with Crippen molar-refractivity contribution >= 4 is 27.6 Å². The van der Waals surface area contributed by atoms with Gasteiger partial charge < -0.3 is 5.11 Å². The normalized spacial score (nSPS) is 16.0. The summed E-state index contributed by atoms with van der Waals surface area (Å²) in [5.74, 6) is 0.417. The predicted octanol–water partition coefficient (Wildman–Crippen LogP) is 2.11. The maximum atomic E-state index is 12.2. The Bertz CT molecular complexity index is 929. The highest BCUT2D eigenvalue weighted by Gasteiger charge is 2.30. The number of aryl methyl sites for hydroxylation is 1. The fraction of sp³-hybridized carbons (Fsp3) is 0.312. The number of amides is 1. The van der Waals surface area contributed by atoms with Crippen LogP contribution in [0.2, 0.25) is 0 Å². The second-order valence-corrected chi connectivity index (χ2v) is 7.83. The number of anilines is 2. The zero-order valence-corrected chi connectivity index (χ0v) is 14.7. The van der Waals surface area contributed by atoms with Crippen molar-refractivity contribution in [1.29, 1.82) is 0 Å². The van der Waals surface area contributed by atoms with E-state index < -0.39 is 16.1 Å². The van der Waals surface area contributed by atoms with E-state index in [4.69, 9.17) is 5.11 Å². The van der Waals surface area contributed by atoms with Crippen molar-refractivity contribution < 1.29 is 18.3 Å². The van der Waals surface area contributed by atoms with Gasteiger partial charge in [-0.3, -0.25) is 14.2 Å². The van der Waals surface area contributed by atoms with Crippen molar-refractivity contribution in [3.63, 3.8) is 0 Å². The van der Waals surface area contributed by atoms with Gasteiger partial charge in [0.2, 0.25) is 10.0 Å². The molecule has 1 N–H and O–H groups in total. The SMILES string of the molecule is Cc1ncc(-c2ccnc(N(C)C(=O)O)c2)cc1N1CCCS1(=O)=O. The van der Waals surface area contributed by atoms with Crippen LogP contribution in [0.1, 0.15) is 12.1 Å². The van der Waals surface area contributed by atoms with E-state index >= 15 is 0 Å². The van der Waals surface area contributed by atoms with Gasteiger partial charge in [0, 0.05) is 31.5 Å². The first-order chi connectivity index (χ1) is 11.8. The van der Waals surface area contributed by atoms with Gasteiger partial charge in [-0.05, 0) is 37.1 Å². The third-order valence-electron chi connectivity index (χ3n) is 4.14. The Morgan fingerprint density at radius 3 is 2.68 bits per heavy atom. The van der Waals surface area contributed by atoms with E-state index in [2.05, 4.69) is 9.97 Å². The Labute approximate surface area is 145 Å². The van der Waals surface area contributed by atoms with E-state index in [1.54, 1.807) is 31.3 Å². The number of carboxylic acid groups (broad SMARTS) is 1. The van der Waals surface area contributed by atoms with E-state index in [0.717, 1.165) is 4.90 Å². The van der Waals surface area contributed by atoms with E-state index in [1.165, 1.54) is 17.5 Å². The van der Waals surface area contributed by atoms with Gasteiger partial charge >= 0.3 is 6.09 Å². The number of carbonyl (C=O) groups is 1. The van der Waals surface area contributed by atoms with Crippen LogP contribution in [0.3, 0.4) is 0 Å². The minimum atomic E-state index is -3.30. The molecule has 0 atom stereocenters. The second kappa shape index (κ2) is 6.32. The fourth-order valence-corrected chi connectivity index (χ4v) is 4.33. The van der Waals surface area contributed by atoms with Crippen molar-refractivity contribution in [3.8, 4) is 11.1 Å². The largest absolute Gasteiger partial charge is 0.465 e. The topological polar surface area (TPSA) is 104 Å². The molecule has 3 heterocycles. The molecule has 1 aliphatic heterocycles. The number of nitrogens with zero attached hydrogens (tertiary/aromatic N) is 4. The third-order valence-corrected chi connectivity index (χ3v) is 5.99. The monoisotopic (exact) mass is 362 g/mol. The van der Waals surface area contributed by atoms with Gasteiger partial charge in [0.25, 0.3) is 0 Å². The zero-order valence-electron chi connectivity index (χ0n) is 13.9. The molecular formula is C16H18N4O4S. The van der Waals surface area contributed by atoms with Gasteiger partial charge in [0.1, 0.15) is 5.82 Å². The highest BCUT2D eigenvalue weighted by Crippen LogP contribution is 2.31. The molecule has 132 valence electrons. The molecule has 2 aromatic heterocycles. The van der Waals surface area contributed by atoms with Crippen LogP contribution in [0.4, 0.5) is 16.3 Å². The van der Waals surface area contributed by atoms with Gasteiger partial charge in [0.15, 0.2) is 0 Å². The molecule has 25 heavy (non-hydrogen) atoms. The van der Waals surface area contributed by atoms with Gasteiger partial charge in [-0.25, -0.2) is 18.2 Å². The first-order valence-corrected chi connectivity index (χ1v) is 9.30. The van der Waals surface area contributed by atoms with Crippen LogP contribution >= 0.6 is 0 Å². The lowest BCUT2D eigenvalue weighted by molar-refractivity contribution is 0.203. The molecule has 0 aliphatic carbocycles. The van der Waals surface area contributed by atoms with Crippen molar-refractivity contribution in [3.05, 3.63) is 36.3 Å². The van der Waals surface area contributed by atoms with Crippen molar-refractivity contribution in [2.45, 2.75) is 13.3 Å². The first-order valence-electron chi connectivity index (χ1n) is 7.70.